The van der Waals surface area contributed by atoms with Gasteiger partial charge in [-0.05, 0) is 37.6 Å². The van der Waals surface area contributed by atoms with Gasteiger partial charge >= 0.3 is 5.97 Å². The highest BCUT2D eigenvalue weighted by atomic mass is 16.5. The third-order valence-electron chi connectivity index (χ3n) is 3.22. The van der Waals surface area contributed by atoms with E-state index in [9.17, 15) is 9.59 Å². The van der Waals surface area contributed by atoms with Crippen molar-refractivity contribution in [2.24, 2.45) is 7.05 Å². The lowest BCUT2D eigenvalue weighted by Crippen LogP contribution is -2.22. The Morgan fingerprint density at radius 2 is 2.13 bits per heavy atom. The Bertz CT molecular complexity index is 762. The van der Waals surface area contributed by atoms with Gasteiger partial charge in [0, 0.05) is 13.2 Å². The van der Waals surface area contributed by atoms with E-state index in [-0.39, 0.29) is 5.78 Å². The van der Waals surface area contributed by atoms with Crippen LogP contribution in [0, 0.1) is 6.92 Å². The summed E-state index contributed by atoms with van der Waals surface area (Å²) in [6, 6.07) is 6.89. The number of carbonyl (C=O) groups excluding carboxylic acids is 1. The Kier molecular flexibility index (Phi) is 4.95. The number of aryl methyl sites for hydroxylation is 2. The van der Waals surface area contributed by atoms with Crippen molar-refractivity contribution in [3.8, 4) is 5.75 Å². The summed E-state index contributed by atoms with van der Waals surface area (Å²) < 4.78 is 6.89. The zero-order valence-corrected chi connectivity index (χ0v) is 13.2. The highest BCUT2D eigenvalue weighted by molar-refractivity contribution is 6.07. The Morgan fingerprint density at radius 3 is 2.74 bits per heavy atom. The Hall–Kier alpha value is -2.89. The topological polar surface area (TPSA) is 81.4 Å². The summed E-state index contributed by atoms with van der Waals surface area (Å²) in [6.07, 6.45) is 3.86. The minimum atomic E-state index is -1.03. The van der Waals surface area contributed by atoms with Crippen LogP contribution < -0.4 is 4.74 Å². The van der Waals surface area contributed by atoms with Gasteiger partial charge in [0.15, 0.2) is 11.9 Å². The molecule has 120 valence electrons. The molecule has 1 atom stereocenters. The molecule has 0 fully saturated rings. The molecule has 1 aromatic heterocycles. The third-order valence-corrected chi connectivity index (χ3v) is 3.22. The lowest BCUT2D eigenvalue weighted by molar-refractivity contribution is -0.144. The summed E-state index contributed by atoms with van der Waals surface area (Å²) in [6.45, 7) is 3.24. The van der Waals surface area contributed by atoms with E-state index in [2.05, 4.69) is 5.10 Å². The predicted octanol–water partition coefficient (Wildman–Crippen LogP) is 2.48. The fourth-order valence-corrected chi connectivity index (χ4v) is 2.05. The second-order valence-corrected chi connectivity index (χ2v) is 5.17. The second kappa shape index (κ2) is 6.91. The maximum atomic E-state index is 12.2. The highest BCUT2D eigenvalue weighted by Crippen LogP contribution is 2.17. The quantitative estimate of drug-likeness (QED) is 0.654. The van der Waals surface area contributed by atoms with Crippen LogP contribution in [0.25, 0.3) is 6.08 Å². The van der Waals surface area contributed by atoms with Gasteiger partial charge < -0.3 is 9.84 Å². The number of ketones is 1. The van der Waals surface area contributed by atoms with E-state index in [0.717, 1.165) is 5.56 Å². The molecule has 0 saturated heterocycles. The summed E-state index contributed by atoms with van der Waals surface area (Å²) in [7, 11) is 1.76. The molecule has 1 aromatic carbocycles. The molecular formula is C17H18N2O4. The fraction of sp³-hybridized carbons (Fsp3) is 0.235. The minimum absolute atomic E-state index is 0.138. The Balaban J connectivity index is 2.12. The molecule has 0 aliphatic heterocycles. The van der Waals surface area contributed by atoms with E-state index < -0.39 is 12.1 Å². The molecule has 6 nitrogen and oxygen atoms in total. The first kappa shape index (κ1) is 16.5. The van der Waals surface area contributed by atoms with Gasteiger partial charge in [0.05, 0.1) is 11.3 Å². The van der Waals surface area contributed by atoms with Crippen LogP contribution in [-0.2, 0) is 11.8 Å². The van der Waals surface area contributed by atoms with E-state index >= 15 is 0 Å². The van der Waals surface area contributed by atoms with Crippen molar-refractivity contribution in [2.75, 3.05) is 0 Å². The number of aromatic nitrogens is 2. The van der Waals surface area contributed by atoms with Crippen molar-refractivity contribution in [3.63, 3.8) is 0 Å². The zero-order chi connectivity index (χ0) is 17.0. The summed E-state index contributed by atoms with van der Waals surface area (Å²) in [5.41, 5.74) is 1.97. The van der Waals surface area contributed by atoms with Crippen molar-refractivity contribution in [1.82, 2.24) is 9.78 Å². The molecule has 0 aliphatic rings. The van der Waals surface area contributed by atoms with Crippen LogP contribution >= 0.6 is 0 Å². The maximum absolute atomic E-state index is 12.2. The number of aliphatic carboxylic acids is 1. The van der Waals surface area contributed by atoms with Crippen LogP contribution in [-0.4, -0.2) is 32.7 Å². The van der Waals surface area contributed by atoms with Crippen molar-refractivity contribution in [2.45, 2.75) is 20.0 Å². The number of ether oxygens (including phenoxy) is 1. The first-order valence-corrected chi connectivity index (χ1v) is 7.09. The van der Waals surface area contributed by atoms with Gasteiger partial charge in [-0.25, -0.2) is 4.79 Å². The fourth-order valence-electron chi connectivity index (χ4n) is 2.05. The number of carbonyl (C=O) groups is 2. The SMILES string of the molecule is Cc1nn(C)cc1C(=O)/C=C/c1cccc(O[C@H](C)C(=O)O)c1. The number of allylic oxidation sites excluding steroid dienone is 1. The van der Waals surface area contributed by atoms with Crippen LogP contribution in [0.4, 0.5) is 0 Å². The smallest absolute Gasteiger partial charge is 0.344 e. The summed E-state index contributed by atoms with van der Waals surface area (Å²) in [5, 5.41) is 13.0. The third kappa shape index (κ3) is 4.29. The van der Waals surface area contributed by atoms with E-state index in [1.807, 2.05) is 0 Å². The molecule has 0 bridgehead atoms. The van der Waals surface area contributed by atoms with Crippen molar-refractivity contribution < 1.29 is 19.4 Å². The number of nitrogens with zero attached hydrogens (tertiary/aromatic N) is 2. The Morgan fingerprint density at radius 1 is 1.39 bits per heavy atom. The Labute approximate surface area is 134 Å². The van der Waals surface area contributed by atoms with E-state index in [4.69, 9.17) is 9.84 Å². The zero-order valence-electron chi connectivity index (χ0n) is 13.2. The molecule has 2 rings (SSSR count). The van der Waals surface area contributed by atoms with Crippen molar-refractivity contribution >= 4 is 17.8 Å². The molecule has 0 saturated carbocycles. The molecule has 6 heteroatoms. The lowest BCUT2D eigenvalue weighted by Gasteiger charge is -2.10. The number of rotatable bonds is 6. The van der Waals surface area contributed by atoms with Gasteiger partial charge in [0.1, 0.15) is 5.75 Å². The molecular weight excluding hydrogens is 296 g/mol. The van der Waals surface area contributed by atoms with Crippen LogP contribution in [0.3, 0.4) is 0 Å². The first-order valence-electron chi connectivity index (χ1n) is 7.09. The van der Waals surface area contributed by atoms with Gasteiger partial charge in [-0.2, -0.15) is 5.10 Å². The van der Waals surface area contributed by atoms with Gasteiger partial charge in [-0.3, -0.25) is 9.48 Å². The standard InChI is InChI=1S/C17H18N2O4/c1-11-15(10-19(3)18-11)16(20)8-7-13-5-4-6-14(9-13)23-12(2)17(21)22/h4-10,12H,1-3H3,(H,21,22)/b8-7+/t12-/m1/s1. The second-order valence-electron chi connectivity index (χ2n) is 5.17. The van der Waals surface area contributed by atoms with Gasteiger partial charge in [0.2, 0.25) is 0 Å². The summed E-state index contributed by atoms with van der Waals surface area (Å²) >= 11 is 0. The number of hydrogen-bond donors (Lipinski definition) is 1. The molecule has 1 heterocycles. The van der Waals surface area contributed by atoms with Crippen molar-refractivity contribution in [3.05, 3.63) is 53.4 Å². The van der Waals surface area contributed by atoms with Crippen LogP contribution in [0.2, 0.25) is 0 Å². The monoisotopic (exact) mass is 314 g/mol. The highest BCUT2D eigenvalue weighted by Gasteiger charge is 2.12. The molecule has 2 aromatic rings. The molecule has 0 radical (unpaired) electrons. The van der Waals surface area contributed by atoms with E-state index in [0.29, 0.717) is 17.0 Å². The predicted molar refractivity (Wildman–Crippen MR) is 85.5 cm³/mol. The van der Waals surface area contributed by atoms with E-state index in [1.165, 1.54) is 13.0 Å². The van der Waals surface area contributed by atoms with Gasteiger partial charge in [-0.15, -0.1) is 0 Å². The molecule has 0 spiro atoms. The average molecular weight is 314 g/mol. The average Bonchev–Trinajstić information content (AvgIpc) is 2.84. The summed E-state index contributed by atoms with van der Waals surface area (Å²) in [4.78, 5) is 23.0. The van der Waals surface area contributed by atoms with Crippen LogP contribution in [0.5, 0.6) is 5.75 Å². The molecule has 0 unspecified atom stereocenters. The number of benzene rings is 1. The number of carboxylic acid groups (broad SMARTS) is 1. The van der Waals surface area contributed by atoms with Gasteiger partial charge in [0.25, 0.3) is 0 Å². The molecule has 0 amide bonds. The molecule has 1 N–H and O–H groups in total. The van der Waals surface area contributed by atoms with Crippen LogP contribution in [0.1, 0.15) is 28.5 Å². The minimum Gasteiger partial charge on any atom is -0.479 e. The van der Waals surface area contributed by atoms with Crippen LogP contribution in [0.15, 0.2) is 36.5 Å². The lowest BCUT2D eigenvalue weighted by atomic mass is 10.1. The van der Waals surface area contributed by atoms with Crippen molar-refractivity contribution in [1.29, 1.82) is 0 Å². The number of hydrogen-bond acceptors (Lipinski definition) is 4. The van der Waals surface area contributed by atoms with Gasteiger partial charge in [-0.1, -0.05) is 18.2 Å². The largest absolute Gasteiger partial charge is 0.479 e. The first-order chi connectivity index (χ1) is 10.9. The molecule has 23 heavy (non-hydrogen) atoms. The van der Waals surface area contributed by atoms with E-state index in [1.54, 1.807) is 55.2 Å². The summed E-state index contributed by atoms with van der Waals surface area (Å²) in [5.74, 6) is -0.735. The maximum Gasteiger partial charge on any atom is 0.344 e. The number of carboxylic acids is 1. The normalized spacial score (nSPS) is 12.3. The molecule has 0 aliphatic carbocycles.